The fraction of sp³-hybridized carbons (Fsp3) is 0.294. The maximum absolute atomic E-state index is 13.7. The van der Waals surface area contributed by atoms with E-state index < -0.39 is 0 Å². The molecule has 0 heterocycles. The lowest BCUT2D eigenvalue weighted by Gasteiger charge is -2.19. The standard InChI is InChI=1S/C17H19BrFNO/c1-12(10-13-6-3-4-8-16(13)19)20-17-9-5-7-15(18)14(17)11-21-2/h3-9,12,20H,10-11H2,1-2H3. The second kappa shape index (κ2) is 7.57. The van der Waals surface area contributed by atoms with Crippen LogP contribution in [0.2, 0.25) is 0 Å². The van der Waals surface area contributed by atoms with E-state index in [1.807, 2.05) is 37.3 Å². The average Bonchev–Trinajstić information content (AvgIpc) is 2.45. The zero-order valence-corrected chi connectivity index (χ0v) is 13.8. The van der Waals surface area contributed by atoms with Crippen molar-refractivity contribution in [1.82, 2.24) is 0 Å². The maximum atomic E-state index is 13.7. The number of hydrogen-bond donors (Lipinski definition) is 1. The van der Waals surface area contributed by atoms with Crippen LogP contribution in [-0.4, -0.2) is 13.2 Å². The van der Waals surface area contributed by atoms with E-state index in [2.05, 4.69) is 21.2 Å². The maximum Gasteiger partial charge on any atom is 0.126 e. The molecule has 0 saturated carbocycles. The molecule has 0 aliphatic heterocycles. The molecule has 0 radical (unpaired) electrons. The summed E-state index contributed by atoms with van der Waals surface area (Å²) < 4.78 is 19.9. The van der Waals surface area contributed by atoms with E-state index in [0.29, 0.717) is 13.0 Å². The number of ether oxygens (including phenoxy) is 1. The first kappa shape index (κ1) is 16.0. The molecule has 0 aliphatic carbocycles. The molecule has 1 atom stereocenters. The van der Waals surface area contributed by atoms with Crippen molar-refractivity contribution in [2.75, 3.05) is 12.4 Å². The minimum atomic E-state index is -0.155. The smallest absolute Gasteiger partial charge is 0.126 e. The molecule has 112 valence electrons. The Hall–Kier alpha value is -1.39. The Morgan fingerprint density at radius 3 is 2.67 bits per heavy atom. The quantitative estimate of drug-likeness (QED) is 0.808. The summed E-state index contributed by atoms with van der Waals surface area (Å²) in [5.74, 6) is -0.155. The summed E-state index contributed by atoms with van der Waals surface area (Å²) in [5.41, 5.74) is 2.80. The summed E-state index contributed by atoms with van der Waals surface area (Å²) in [7, 11) is 1.67. The summed E-state index contributed by atoms with van der Waals surface area (Å²) in [4.78, 5) is 0. The third-order valence-corrected chi connectivity index (χ3v) is 4.04. The lowest BCUT2D eigenvalue weighted by Crippen LogP contribution is -2.20. The summed E-state index contributed by atoms with van der Waals surface area (Å²) in [6.07, 6.45) is 0.631. The minimum Gasteiger partial charge on any atom is -0.382 e. The van der Waals surface area contributed by atoms with Gasteiger partial charge in [0.2, 0.25) is 0 Å². The van der Waals surface area contributed by atoms with Crippen molar-refractivity contribution in [2.45, 2.75) is 26.0 Å². The molecule has 0 amide bonds. The number of anilines is 1. The van der Waals surface area contributed by atoms with Crippen molar-refractivity contribution >= 4 is 21.6 Å². The van der Waals surface area contributed by atoms with Gasteiger partial charge in [-0.25, -0.2) is 4.39 Å². The molecule has 2 aromatic carbocycles. The van der Waals surface area contributed by atoms with Gasteiger partial charge in [-0.2, -0.15) is 0 Å². The van der Waals surface area contributed by atoms with Gasteiger partial charge in [0.05, 0.1) is 6.61 Å². The molecular formula is C17H19BrFNO. The third kappa shape index (κ3) is 4.29. The SMILES string of the molecule is COCc1c(Br)cccc1NC(C)Cc1ccccc1F. The van der Waals surface area contributed by atoms with Crippen molar-refractivity contribution in [1.29, 1.82) is 0 Å². The van der Waals surface area contributed by atoms with Crippen LogP contribution in [0.25, 0.3) is 0 Å². The second-order valence-electron chi connectivity index (χ2n) is 5.04. The fourth-order valence-electron chi connectivity index (χ4n) is 2.30. The Balaban J connectivity index is 2.11. The number of nitrogens with one attached hydrogen (secondary N) is 1. The largest absolute Gasteiger partial charge is 0.382 e. The van der Waals surface area contributed by atoms with Crippen LogP contribution in [0.15, 0.2) is 46.9 Å². The van der Waals surface area contributed by atoms with Crippen molar-refractivity contribution in [3.63, 3.8) is 0 Å². The van der Waals surface area contributed by atoms with Crippen LogP contribution in [-0.2, 0) is 17.8 Å². The van der Waals surface area contributed by atoms with Crippen LogP contribution >= 0.6 is 15.9 Å². The molecule has 0 fully saturated rings. The van der Waals surface area contributed by atoms with E-state index in [1.54, 1.807) is 13.2 Å². The highest BCUT2D eigenvalue weighted by atomic mass is 79.9. The monoisotopic (exact) mass is 351 g/mol. The normalized spacial score (nSPS) is 12.2. The van der Waals surface area contributed by atoms with E-state index in [-0.39, 0.29) is 11.9 Å². The van der Waals surface area contributed by atoms with Gasteiger partial charge in [-0.15, -0.1) is 0 Å². The zero-order chi connectivity index (χ0) is 15.2. The Bertz CT molecular complexity index is 603. The van der Waals surface area contributed by atoms with Gasteiger partial charge < -0.3 is 10.1 Å². The van der Waals surface area contributed by atoms with E-state index >= 15 is 0 Å². The van der Waals surface area contributed by atoms with Crippen LogP contribution in [0.1, 0.15) is 18.1 Å². The molecule has 2 nitrogen and oxygen atoms in total. The molecule has 4 heteroatoms. The number of halogens is 2. The Kier molecular flexibility index (Phi) is 5.76. The molecule has 0 aromatic heterocycles. The van der Waals surface area contributed by atoms with E-state index in [4.69, 9.17) is 4.74 Å². The summed E-state index contributed by atoms with van der Waals surface area (Å²) in [6.45, 7) is 2.57. The van der Waals surface area contributed by atoms with Gasteiger partial charge in [0.15, 0.2) is 0 Å². The Labute approximate surface area is 133 Å². The summed E-state index contributed by atoms with van der Waals surface area (Å²) >= 11 is 3.54. The Morgan fingerprint density at radius 1 is 1.19 bits per heavy atom. The topological polar surface area (TPSA) is 21.3 Å². The van der Waals surface area contributed by atoms with Crippen LogP contribution in [0.3, 0.4) is 0 Å². The molecule has 0 saturated heterocycles. The van der Waals surface area contributed by atoms with Gasteiger partial charge in [-0.1, -0.05) is 40.2 Å². The highest BCUT2D eigenvalue weighted by Crippen LogP contribution is 2.26. The first-order valence-electron chi connectivity index (χ1n) is 6.88. The van der Waals surface area contributed by atoms with Crippen molar-refractivity contribution < 1.29 is 9.13 Å². The molecule has 0 spiro atoms. The molecule has 0 aliphatic rings. The predicted molar refractivity (Wildman–Crippen MR) is 88.0 cm³/mol. The molecule has 21 heavy (non-hydrogen) atoms. The lowest BCUT2D eigenvalue weighted by molar-refractivity contribution is 0.185. The van der Waals surface area contributed by atoms with Crippen LogP contribution < -0.4 is 5.32 Å². The number of rotatable bonds is 6. The van der Waals surface area contributed by atoms with Gasteiger partial charge in [-0.3, -0.25) is 0 Å². The molecule has 1 N–H and O–H groups in total. The number of methoxy groups -OCH3 is 1. The Morgan fingerprint density at radius 2 is 1.95 bits per heavy atom. The van der Waals surface area contributed by atoms with Crippen molar-refractivity contribution in [2.24, 2.45) is 0 Å². The van der Waals surface area contributed by atoms with E-state index in [9.17, 15) is 4.39 Å². The summed E-state index contributed by atoms with van der Waals surface area (Å²) in [5, 5.41) is 3.44. The first-order valence-corrected chi connectivity index (χ1v) is 7.67. The molecule has 2 aromatic rings. The van der Waals surface area contributed by atoms with Crippen LogP contribution in [0.5, 0.6) is 0 Å². The fourth-order valence-corrected chi connectivity index (χ4v) is 2.78. The summed E-state index contributed by atoms with van der Waals surface area (Å²) in [6, 6.07) is 13.0. The van der Waals surface area contributed by atoms with Gasteiger partial charge >= 0.3 is 0 Å². The molecule has 1 unspecified atom stereocenters. The van der Waals surface area contributed by atoms with E-state index in [1.165, 1.54) is 6.07 Å². The number of hydrogen-bond acceptors (Lipinski definition) is 2. The molecule has 0 bridgehead atoms. The van der Waals surface area contributed by atoms with Crippen LogP contribution in [0, 0.1) is 5.82 Å². The van der Waals surface area contributed by atoms with Crippen LogP contribution in [0.4, 0.5) is 10.1 Å². The zero-order valence-electron chi connectivity index (χ0n) is 12.2. The van der Waals surface area contributed by atoms with Gasteiger partial charge in [-0.05, 0) is 37.1 Å². The van der Waals surface area contributed by atoms with Crippen molar-refractivity contribution in [3.8, 4) is 0 Å². The van der Waals surface area contributed by atoms with Gasteiger partial charge in [0, 0.05) is 28.9 Å². The van der Waals surface area contributed by atoms with Gasteiger partial charge in [0.1, 0.15) is 5.82 Å². The molecular weight excluding hydrogens is 333 g/mol. The van der Waals surface area contributed by atoms with Crippen molar-refractivity contribution in [3.05, 3.63) is 63.9 Å². The van der Waals surface area contributed by atoms with Gasteiger partial charge in [0.25, 0.3) is 0 Å². The molecule has 2 rings (SSSR count). The second-order valence-corrected chi connectivity index (χ2v) is 5.89. The predicted octanol–water partition coefficient (Wildman–Crippen LogP) is 4.78. The highest BCUT2D eigenvalue weighted by Gasteiger charge is 2.11. The highest BCUT2D eigenvalue weighted by molar-refractivity contribution is 9.10. The van der Waals surface area contributed by atoms with E-state index in [0.717, 1.165) is 21.3 Å². The average molecular weight is 352 g/mol. The number of benzene rings is 2. The lowest BCUT2D eigenvalue weighted by atomic mass is 10.1. The first-order chi connectivity index (χ1) is 10.1. The third-order valence-electron chi connectivity index (χ3n) is 3.29. The minimum absolute atomic E-state index is 0.117.